The van der Waals surface area contributed by atoms with Crippen molar-refractivity contribution in [3.63, 3.8) is 0 Å². The highest BCUT2D eigenvalue weighted by Gasteiger charge is 2.27. The molecule has 0 amide bonds. The minimum Gasteiger partial charge on any atom is -0.464 e. The molecule has 2 N–H and O–H groups in total. The van der Waals surface area contributed by atoms with Crippen molar-refractivity contribution in [1.29, 1.82) is 0 Å². The van der Waals surface area contributed by atoms with Gasteiger partial charge in [0.1, 0.15) is 11.4 Å². The van der Waals surface area contributed by atoms with E-state index < -0.39 is 0 Å². The average molecular weight is 279 g/mol. The molecule has 3 aromatic rings. The van der Waals surface area contributed by atoms with Crippen LogP contribution in [-0.4, -0.2) is 17.6 Å². The molecule has 4 rings (SSSR count). The van der Waals surface area contributed by atoms with Crippen molar-refractivity contribution >= 4 is 16.8 Å². The number of nitrogens with two attached hydrogens (primary N) is 1. The molecule has 1 atom stereocenters. The number of rotatable bonds is 2. The monoisotopic (exact) mass is 279 g/mol. The summed E-state index contributed by atoms with van der Waals surface area (Å²) in [5.41, 5.74) is 9.63. The van der Waals surface area contributed by atoms with Crippen LogP contribution in [0.3, 0.4) is 0 Å². The van der Waals surface area contributed by atoms with E-state index in [1.54, 1.807) is 12.5 Å². The smallest absolute Gasteiger partial charge is 0.140 e. The Bertz CT molecular complexity index is 780. The van der Waals surface area contributed by atoms with Crippen LogP contribution in [0.25, 0.3) is 11.0 Å². The molecule has 106 valence electrons. The van der Waals surface area contributed by atoms with E-state index in [1.165, 1.54) is 11.1 Å². The van der Waals surface area contributed by atoms with Gasteiger partial charge in [-0.2, -0.15) is 0 Å². The summed E-state index contributed by atoms with van der Waals surface area (Å²) in [6.45, 7) is 1.46. The van der Waals surface area contributed by atoms with Gasteiger partial charge in [0.25, 0.3) is 0 Å². The third-order valence-corrected chi connectivity index (χ3v) is 4.26. The molecule has 1 aliphatic rings. The van der Waals surface area contributed by atoms with Gasteiger partial charge in [-0.25, -0.2) is 4.98 Å². The number of fused-ring (bicyclic) bond motifs is 2. The van der Waals surface area contributed by atoms with Crippen molar-refractivity contribution in [1.82, 2.24) is 4.98 Å². The summed E-state index contributed by atoms with van der Waals surface area (Å²) in [4.78, 5) is 6.89. The van der Waals surface area contributed by atoms with E-state index in [4.69, 9.17) is 10.2 Å². The minimum atomic E-state index is 0.271. The first-order valence-electron chi connectivity index (χ1n) is 7.22. The predicted molar refractivity (Wildman–Crippen MR) is 83.2 cm³/mol. The van der Waals surface area contributed by atoms with Gasteiger partial charge in [-0.05, 0) is 29.7 Å². The van der Waals surface area contributed by atoms with E-state index in [0.717, 1.165) is 29.8 Å². The number of anilines is 1. The number of hydrogen-bond donors (Lipinski definition) is 1. The van der Waals surface area contributed by atoms with Crippen LogP contribution >= 0.6 is 0 Å². The zero-order valence-corrected chi connectivity index (χ0v) is 11.7. The lowest BCUT2D eigenvalue weighted by atomic mass is 9.94. The summed E-state index contributed by atoms with van der Waals surface area (Å²) in [6.07, 6.45) is 4.48. The highest BCUT2D eigenvalue weighted by molar-refractivity contribution is 5.88. The third kappa shape index (κ3) is 1.99. The number of nitrogens with zero attached hydrogens (tertiary/aromatic N) is 2. The van der Waals surface area contributed by atoms with Crippen molar-refractivity contribution < 1.29 is 4.42 Å². The van der Waals surface area contributed by atoms with Crippen LogP contribution in [0.5, 0.6) is 0 Å². The molecule has 1 unspecified atom stereocenters. The molecule has 0 bridgehead atoms. The first-order chi connectivity index (χ1) is 10.4. The molecule has 21 heavy (non-hydrogen) atoms. The fourth-order valence-corrected chi connectivity index (χ4v) is 3.15. The van der Waals surface area contributed by atoms with Gasteiger partial charge in [0.2, 0.25) is 0 Å². The number of benzene rings is 1. The Kier molecular flexibility index (Phi) is 2.89. The molecule has 4 heteroatoms. The van der Waals surface area contributed by atoms with Gasteiger partial charge in [0, 0.05) is 25.3 Å². The van der Waals surface area contributed by atoms with E-state index in [1.807, 2.05) is 12.1 Å². The largest absolute Gasteiger partial charge is 0.464 e. The molecule has 0 radical (unpaired) electrons. The van der Waals surface area contributed by atoms with Crippen molar-refractivity contribution in [3.8, 4) is 0 Å². The van der Waals surface area contributed by atoms with Gasteiger partial charge >= 0.3 is 0 Å². The van der Waals surface area contributed by atoms with Gasteiger partial charge in [-0.15, -0.1) is 0 Å². The quantitative estimate of drug-likeness (QED) is 0.783. The van der Waals surface area contributed by atoms with Crippen LogP contribution in [0.2, 0.25) is 0 Å². The molecule has 0 aliphatic carbocycles. The second-order valence-corrected chi connectivity index (χ2v) is 5.46. The van der Waals surface area contributed by atoms with Gasteiger partial charge in [-0.1, -0.05) is 24.3 Å². The Morgan fingerprint density at radius 1 is 1.19 bits per heavy atom. The van der Waals surface area contributed by atoms with Crippen molar-refractivity contribution in [2.24, 2.45) is 5.73 Å². The summed E-state index contributed by atoms with van der Waals surface area (Å²) in [5, 5.41) is 1.05. The highest BCUT2D eigenvalue weighted by atomic mass is 16.3. The summed E-state index contributed by atoms with van der Waals surface area (Å²) in [5.74, 6) is 0.964. The molecule has 0 spiro atoms. The second kappa shape index (κ2) is 4.90. The van der Waals surface area contributed by atoms with Crippen LogP contribution < -0.4 is 10.6 Å². The van der Waals surface area contributed by atoms with Crippen LogP contribution in [0.15, 0.2) is 53.3 Å². The van der Waals surface area contributed by atoms with E-state index in [9.17, 15) is 0 Å². The van der Waals surface area contributed by atoms with Gasteiger partial charge in [0.05, 0.1) is 11.6 Å². The molecule has 0 saturated carbocycles. The Morgan fingerprint density at radius 2 is 2.05 bits per heavy atom. The molecule has 2 aromatic heterocycles. The highest BCUT2D eigenvalue weighted by Crippen LogP contribution is 2.32. The van der Waals surface area contributed by atoms with Crippen LogP contribution in [0.4, 0.5) is 5.82 Å². The number of pyridine rings is 1. The van der Waals surface area contributed by atoms with Crippen molar-refractivity contribution in [2.45, 2.75) is 19.0 Å². The molecule has 1 aromatic carbocycles. The summed E-state index contributed by atoms with van der Waals surface area (Å²) in [7, 11) is 0. The Balaban J connectivity index is 1.82. The molecular formula is C17H17N3O. The molecule has 4 nitrogen and oxygen atoms in total. The number of aromatic nitrogens is 1. The summed E-state index contributed by atoms with van der Waals surface area (Å²) >= 11 is 0. The van der Waals surface area contributed by atoms with Crippen LogP contribution in [0, 0.1) is 0 Å². The normalized spacial score (nSPS) is 18.0. The zero-order chi connectivity index (χ0) is 14.2. The second-order valence-electron chi connectivity index (χ2n) is 5.46. The molecule has 1 aliphatic heterocycles. The van der Waals surface area contributed by atoms with Crippen LogP contribution in [0.1, 0.15) is 11.1 Å². The lowest BCUT2D eigenvalue weighted by Gasteiger charge is -2.37. The first-order valence-corrected chi connectivity index (χ1v) is 7.22. The third-order valence-electron chi connectivity index (χ3n) is 4.26. The van der Waals surface area contributed by atoms with E-state index in [2.05, 4.69) is 34.1 Å². The zero-order valence-electron chi connectivity index (χ0n) is 11.7. The lowest BCUT2D eigenvalue weighted by molar-refractivity contribution is 0.557. The van der Waals surface area contributed by atoms with Gasteiger partial charge < -0.3 is 15.1 Å². The standard InChI is InChI=1S/C17H17N3O/c18-10-14-9-12-3-1-2-4-13(12)11-20(14)17-15-6-8-21-16(15)5-7-19-17/h1-8,14H,9-11,18H2. The lowest BCUT2D eigenvalue weighted by Crippen LogP contribution is -2.45. The maximum Gasteiger partial charge on any atom is 0.140 e. The molecule has 0 fully saturated rings. The maximum atomic E-state index is 6.01. The maximum absolute atomic E-state index is 6.01. The SMILES string of the molecule is NCC1Cc2ccccc2CN1c1nccc2occc12. The molecule has 3 heterocycles. The van der Waals surface area contributed by atoms with E-state index in [-0.39, 0.29) is 6.04 Å². The predicted octanol–water partition coefficient (Wildman–Crippen LogP) is 2.72. The fourth-order valence-electron chi connectivity index (χ4n) is 3.15. The van der Waals surface area contributed by atoms with Crippen LogP contribution in [-0.2, 0) is 13.0 Å². The number of furan rings is 1. The number of hydrogen-bond acceptors (Lipinski definition) is 4. The Morgan fingerprint density at radius 3 is 2.90 bits per heavy atom. The Hall–Kier alpha value is -2.33. The minimum absolute atomic E-state index is 0.271. The van der Waals surface area contributed by atoms with E-state index in [0.29, 0.717) is 6.54 Å². The van der Waals surface area contributed by atoms with Crippen molar-refractivity contribution in [3.05, 3.63) is 60.0 Å². The molecular weight excluding hydrogens is 262 g/mol. The fraction of sp³-hybridized carbons (Fsp3) is 0.235. The van der Waals surface area contributed by atoms with E-state index >= 15 is 0 Å². The molecule has 0 saturated heterocycles. The first kappa shape index (κ1) is 12.4. The van der Waals surface area contributed by atoms with Crippen molar-refractivity contribution in [2.75, 3.05) is 11.4 Å². The summed E-state index contributed by atoms with van der Waals surface area (Å²) in [6, 6.07) is 12.7. The topological polar surface area (TPSA) is 55.3 Å². The van der Waals surface area contributed by atoms with Gasteiger partial charge in [0.15, 0.2) is 0 Å². The average Bonchev–Trinajstić information content (AvgIpc) is 3.02. The summed E-state index contributed by atoms with van der Waals surface area (Å²) < 4.78 is 5.49. The Labute approximate surface area is 123 Å². The van der Waals surface area contributed by atoms with Gasteiger partial charge in [-0.3, -0.25) is 0 Å².